The van der Waals surface area contributed by atoms with E-state index in [1.807, 2.05) is 30.3 Å². The van der Waals surface area contributed by atoms with Crippen LogP contribution in [-0.4, -0.2) is 67.8 Å². The molecule has 0 aliphatic heterocycles. The van der Waals surface area contributed by atoms with E-state index in [9.17, 15) is 23.4 Å². The van der Waals surface area contributed by atoms with Crippen molar-refractivity contribution < 1.29 is 32.9 Å². The van der Waals surface area contributed by atoms with Crippen LogP contribution in [0.5, 0.6) is 17.2 Å². The SMILES string of the molecule is COc1ccc(S(=O)(=O)N(C[C@@H](O)[C@H](Cc2ccccc2)NC(=O)CCc2ccc(O)c(OC)c2)C2CC2)cc1. The minimum Gasteiger partial charge on any atom is -0.504 e. The number of phenols is 1. The lowest BCUT2D eigenvalue weighted by Gasteiger charge is -2.30. The number of nitrogens with zero attached hydrogens (tertiary/aromatic N) is 1. The summed E-state index contributed by atoms with van der Waals surface area (Å²) in [7, 11) is -0.904. The third-order valence-electron chi connectivity index (χ3n) is 6.98. The molecule has 40 heavy (non-hydrogen) atoms. The fourth-order valence-electron chi connectivity index (χ4n) is 4.57. The van der Waals surface area contributed by atoms with E-state index in [0.29, 0.717) is 37.2 Å². The first-order valence-corrected chi connectivity index (χ1v) is 14.7. The molecule has 214 valence electrons. The summed E-state index contributed by atoms with van der Waals surface area (Å²) < 4.78 is 38.7. The summed E-state index contributed by atoms with van der Waals surface area (Å²) in [6.45, 7) is -0.147. The summed E-state index contributed by atoms with van der Waals surface area (Å²) in [5, 5.41) is 24.1. The van der Waals surface area contributed by atoms with Gasteiger partial charge in [-0.3, -0.25) is 4.79 Å². The number of aromatic hydroxyl groups is 1. The van der Waals surface area contributed by atoms with E-state index in [0.717, 1.165) is 11.1 Å². The first kappa shape index (κ1) is 29.4. The molecule has 0 bridgehead atoms. The number of hydrogen-bond acceptors (Lipinski definition) is 7. The topological polar surface area (TPSA) is 125 Å². The van der Waals surface area contributed by atoms with Gasteiger partial charge in [-0.2, -0.15) is 4.31 Å². The number of carbonyl (C=O) groups excluding carboxylic acids is 1. The molecule has 4 rings (SSSR count). The summed E-state index contributed by atoms with van der Waals surface area (Å²) in [6, 6.07) is 19.6. The molecule has 1 amide bonds. The van der Waals surface area contributed by atoms with Crippen molar-refractivity contribution in [1.82, 2.24) is 9.62 Å². The van der Waals surface area contributed by atoms with Crippen LogP contribution in [0.15, 0.2) is 77.7 Å². The summed E-state index contributed by atoms with van der Waals surface area (Å²) in [5.74, 6) is 0.622. The number of benzene rings is 3. The van der Waals surface area contributed by atoms with Crippen molar-refractivity contribution in [2.24, 2.45) is 0 Å². The van der Waals surface area contributed by atoms with E-state index in [1.165, 1.54) is 36.7 Å². The van der Waals surface area contributed by atoms with Crippen LogP contribution in [0.25, 0.3) is 0 Å². The number of methoxy groups -OCH3 is 2. The van der Waals surface area contributed by atoms with E-state index in [2.05, 4.69) is 5.32 Å². The highest BCUT2D eigenvalue weighted by Gasteiger charge is 2.40. The highest BCUT2D eigenvalue weighted by Crippen LogP contribution is 2.33. The number of rotatable bonds is 14. The van der Waals surface area contributed by atoms with Gasteiger partial charge in [0, 0.05) is 19.0 Å². The average molecular weight is 569 g/mol. The smallest absolute Gasteiger partial charge is 0.243 e. The number of carbonyl (C=O) groups is 1. The lowest BCUT2D eigenvalue weighted by Crippen LogP contribution is -2.51. The molecule has 2 atom stereocenters. The average Bonchev–Trinajstić information content (AvgIpc) is 3.81. The standard InChI is InChI=1S/C30H36N2O7S/c1-38-24-12-14-25(15-13-24)40(36,37)32(23-10-11-23)20-28(34)26(18-21-6-4-3-5-7-21)31-30(35)17-9-22-8-16-27(33)29(19-22)39-2/h3-8,12-16,19,23,26,28,33-34H,9-11,17-18,20H2,1-2H3,(H,31,35)/t26-,28+/m0/s1. The van der Waals surface area contributed by atoms with Crippen LogP contribution in [0.2, 0.25) is 0 Å². The number of ether oxygens (including phenoxy) is 2. The Labute approximate surface area is 235 Å². The monoisotopic (exact) mass is 568 g/mol. The van der Waals surface area contributed by atoms with Crippen LogP contribution < -0.4 is 14.8 Å². The minimum absolute atomic E-state index is 0.0200. The molecule has 0 aromatic heterocycles. The number of phenolic OH excluding ortho intramolecular Hbond substituents is 1. The zero-order valence-electron chi connectivity index (χ0n) is 22.7. The molecule has 0 spiro atoms. The number of aryl methyl sites for hydroxylation is 1. The van der Waals surface area contributed by atoms with Gasteiger partial charge < -0.3 is 25.0 Å². The van der Waals surface area contributed by atoms with E-state index in [4.69, 9.17) is 9.47 Å². The molecule has 3 aromatic rings. The van der Waals surface area contributed by atoms with Gasteiger partial charge in [0.2, 0.25) is 15.9 Å². The molecule has 1 fully saturated rings. The highest BCUT2D eigenvalue weighted by molar-refractivity contribution is 7.89. The van der Waals surface area contributed by atoms with Gasteiger partial charge in [0.15, 0.2) is 11.5 Å². The summed E-state index contributed by atoms with van der Waals surface area (Å²) >= 11 is 0. The van der Waals surface area contributed by atoms with Crippen LogP contribution in [0.4, 0.5) is 0 Å². The quantitative estimate of drug-likeness (QED) is 0.273. The van der Waals surface area contributed by atoms with Crippen molar-refractivity contribution in [3.05, 3.63) is 83.9 Å². The highest BCUT2D eigenvalue weighted by atomic mass is 32.2. The molecular weight excluding hydrogens is 532 g/mol. The van der Waals surface area contributed by atoms with Crippen molar-refractivity contribution >= 4 is 15.9 Å². The van der Waals surface area contributed by atoms with Crippen molar-refractivity contribution in [1.29, 1.82) is 0 Å². The molecule has 10 heteroatoms. The molecule has 0 heterocycles. The summed E-state index contributed by atoms with van der Waals surface area (Å²) in [4.78, 5) is 13.1. The maximum atomic E-state index is 13.5. The van der Waals surface area contributed by atoms with E-state index in [-0.39, 0.29) is 35.6 Å². The van der Waals surface area contributed by atoms with Gasteiger partial charge >= 0.3 is 0 Å². The van der Waals surface area contributed by atoms with E-state index < -0.39 is 22.2 Å². The van der Waals surface area contributed by atoms with Gasteiger partial charge in [0.1, 0.15) is 5.75 Å². The molecule has 9 nitrogen and oxygen atoms in total. The molecule has 1 saturated carbocycles. The first-order valence-electron chi connectivity index (χ1n) is 13.2. The number of sulfonamides is 1. The Balaban J connectivity index is 1.48. The van der Waals surface area contributed by atoms with E-state index >= 15 is 0 Å². The fraction of sp³-hybridized carbons (Fsp3) is 0.367. The fourth-order valence-corrected chi connectivity index (χ4v) is 6.27. The van der Waals surface area contributed by atoms with Gasteiger partial charge in [-0.25, -0.2) is 8.42 Å². The second-order valence-electron chi connectivity index (χ2n) is 9.92. The molecule has 0 unspecified atom stereocenters. The number of hydrogen-bond donors (Lipinski definition) is 3. The Bertz CT molecular complexity index is 1380. The normalized spacial score (nSPS) is 14.9. The molecule has 0 radical (unpaired) electrons. The van der Waals surface area contributed by atoms with Gasteiger partial charge in [-0.15, -0.1) is 0 Å². The zero-order chi connectivity index (χ0) is 28.7. The second kappa shape index (κ2) is 13.2. The van der Waals surface area contributed by atoms with Crippen LogP contribution in [-0.2, 0) is 27.7 Å². The predicted octanol–water partition coefficient (Wildman–Crippen LogP) is 3.28. The zero-order valence-corrected chi connectivity index (χ0v) is 23.5. The Morgan fingerprint density at radius 2 is 1.70 bits per heavy atom. The number of aliphatic hydroxyl groups is 1. The number of nitrogens with one attached hydrogen (secondary N) is 1. The Kier molecular flexibility index (Phi) is 9.67. The molecule has 3 aromatic carbocycles. The molecular formula is C30H36N2O7S. The summed E-state index contributed by atoms with van der Waals surface area (Å²) in [6.07, 6.45) is 1.16. The van der Waals surface area contributed by atoms with Gasteiger partial charge in [-0.05, 0) is 73.2 Å². The lowest BCUT2D eigenvalue weighted by molar-refractivity contribution is -0.122. The third kappa shape index (κ3) is 7.53. The summed E-state index contributed by atoms with van der Waals surface area (Å²) in [5.41, 5.74) is 1.72. The first-order chi connectivity index (χ1) is 19.2. The maximum absolute atomic E-state index is 13.5. The van der Waals surface area contributed by atoms with E-state index in [1.54, 1.807) is 24.3 Å². The largest absolute Gasteiger partial charge is 0.504 e. The predicted molar refractivity (Wildman–Crippen MR) is 151 cm³/mol. The Morgan fingerprint density at radius 3 is 2.33 bits per heavy atom. The molecule has 1 aliphatic rings. The Hall–Kier alpha value is -3.60. The molecule has 0 saturated heterocycles. The van der Waals surface area contributed by atoms with Gasteiger partial charge in [0.25, 0.3) is 0 Å². The van der Waals surface area contributed by atoms with Crippen LogP contribution in [0, 0.1) is 0 Å². The lowest BCUT2D eigenvalue weighted by atomic mass is 10.0. The van der Waals surface area contributed by atoms with Crippen molar-refractivity contribution in [3.63, 3.8) is 0 Å². The van der Waals surface area contributed by atoms with Crippen LogP contribution in [0.1, 0.15) is 30.4 Å². The van der Waals surface area contributed by atoms with Crippen molar-refractivity contribution in [3.8, 4) is 17.2 Å². The third-order valence-corrected chi connectivity index (χ3v) is 8.91. The molecule has 1 aliphatic carbocycles. The van der Waals surface area contributed by atoms with Crippen molar-refractivity contribution in [2.75, 3.05) is 20.8 Å². The minimum atomic E-state index is -3.88. The van der Waals surface area contributed by atoms with Gasteiger partial charge in [-0.1, -0.05) is 36.4 Å². The molecule has 3 N–H and O–H groups in total. The van der Waals surface area contributed by atoms with Crippen LogP contribution in [0.3, 0.4) is 0 Å². The van der Waals surface area contributed by atoms with Crippen molar-refractivity contribution in [2.45, 2.75) is 55.2 Å². The number of aliphatic hydroxyl groups excluding tert-OH is 1. The number of amides is 1. The second-order valence-corrected chi connectivity index (χ2v) is 11.8. The van der Waals surface area contributed by atoms with Crippen LogP contribution >= 0.6 is 0 Å². The maximum Gasteiger partial charge on any atom is 0.243 e. The van der Waals surface area contributed by atoms with Gasteiger partial charge in [0.05, 0.1) is 31.3 Å². The Morgan fingerprint density at radius 1 is 1.00 bits per heavy atom.